The summed E-state index contributed by atoms with van der Waals surface area (Å²) in [6.07, 6.45) is 7.29. The molecule has 1 aliphatic carbocycles. The van der Waals surface area contributed by atoms with Crippen molar-refractivity contribution in [3.8, 4) is 6.07 Å². The summed E-state index contributed by atoms with van der Waals surface area (Å²) in [5.74, 6) is 0.719. The Morgan fingerprint density at radius 2 is 2.08 bits per heavy atom. The number of hydrogen-bond donors (Lipinski definition) is 0. The maximum Gasteiger partial charge on any atom is 0.143 e. The maximum absolute atomic E-state index is 8.68. The van der Waals surface area contributed by atoms with E-state index in [2.05, 4.69) is 6.07 Å². The Balaban J connectivity index is 2.13. The summed E-state index contributed by atoms with van der Waals surface area (Å²) >= 11 is 0. The maximum atomic E-state index is 8.68. The normalized spacial score (nSPS) is 20.9. The molecule has 0 saturated heterocycles. The van der Waals surface area contributed by atoms with Gasteiger partial charge in [0.25, 0.3) is 0 Å². The predicted molar refractivity (Wildman–Crippen MR) is 52.2 cm³/mol. The molecule has 0 N–H and O–H groups in total. The van der Waals surface area contributed by atoms with Crippen LogP contribution < -0.4 is 0 Å². The molecule has 0 aromatic carbocycles. The van der Waals surface area contributed by atoms with E-state index in [1.165, 1.54) is 32.1 Å². The molecular formula is C11H19NO. The number of rotatable bonds is 4. The van der Waals surface area contributed by atoms with Crippen LogP contribution in [0.2, 0.25) is 0 Å². The van der Waals surface area contributed by atoms with Gasteiger partial charge >= 0.3 is 0 Å². The van der Waals surface area contributed by atoms with Gasteiger partial charge in [-0.2, -0.15) is 5.26 Å². The minimum absolute atomic E-state index is 0.179. The summed E-state index contributed by atoms with van der Waals surface area (Å²) in [4.78, 5) is 0. The Labute approximate surface area is 80.9 Å². The zero-order valence-electron chi connectivity index (χ0n) is 8.46. The molecule has 2 heteroatoms. The topological polar surface area (TPSA) is 33.0 Å². The predicted octanol–water partition coefficient (Wildman–Crippen LogP) is 2.89. The SMILES string of the molecule is CCC(C#N)OCC1CCCCC1. The zero-order valence-corrected chi connectivity index (χ0v) is 8.46. The molecule has 0 amide bonds. The first kappa shape index (κ1) is 10.5. The highest BCUT2D eigenvalue weighted by Gasteiger charge is 2.15. The van der Waals surface area contributed by atoms with Gasteiger partial charge in [-0.05, 0) is 25.2 Å². The quantitative estimate of drug-likeness (QED) is 0.668. The van der Waals surface area contributed by atoms with E-state index < -0.39 is 0 Å². The van der Waals surface area contributed by atoms with E-state index in [0.717, 1.165) is 18.9 Å². The molecule has 1 saturated carbocycles. The molecule has 2 nitrogen and oxygen atoms in total. The second-order valence-corrected chi connectivity index (χ2v) is 3.86. The van der Waals surface area contributed by atoms with E-state index in [-0.39, 0.29) is 6.10 Å². The third kappa shape index (κ3) is 3.78. The molecule has 1 atom stereocenters. The van der Waals surface area contributed by atoms with Gasteiger partial charge in [0, 0.05) is 0 Å². The summed E-state index contributed by atoms with van der Waals surface area (Å²) in [7, 11) is 0. The van der Waals surface area contributed by atoms with Crippen molar-refractivity contribution < 1.29 is 4.74 Å². The molecule has 74 valence electrons. The average Bonchev–Trinajstić information content (AvgIpc) is 2.21. The van der Waals surface area contributed by atoms with Gasteiger partial charge in [-0.25, -0.2) is 0 Å². The van der Waals surface area contributed by atoms with E-state index >= 15 is 0 Å². The molecule has 0 radical (unpaired) electrons. The van der Waals surface area contributed by atoms with Crippen LogP contribution in [0.5, 0.6) is 0 Å². The van der Waals surface area contributed by atoms with Gasteiger partial charge in [0.15, 0.2) is 0 Å². The number of nitriles is 1. The van der Waals surface area contributed by atoms with Crippen molar-refractivity contribution in [3.63, 3.8) is 0 Å². The van der Waals surface area contributed by atoms with Gasteiger partial charge in [0.1, 0.15) is 6.10 Å². The summed E-state index contributed by atoms with van der Waals surface area (Å²) < 4.78 is 5.52. The van der Waals surface area contributed by atoms with Crippen LogP contribution in [-0.2, 0) is 4.74 Å². The first-order valence-corrected chi connectivity index (χ1v) is 5.38. The van der Waals surface area contributed by atoms with Crippen LogP contribution in [0.4, 0.5) is 0 Å². The van der Waals surface area contributed by atoms with Gasteiger partial charge in [-0.1, -0.05) is 26.2 Å². The second kappa shape index (κ2) is 5.99. The van der Waals surface area contributed by atoms with Crippen LogP contribution in [0, 0.1) is 17.2 Å². The molecule has 1 rings (SSSR count). The summed E-state index contributed by atoms with van der Waals surface area (Å²) in [5.41, 5.74) is 0. The van der Waals surface area contributed by atoms with E-state index in [1.54, 1.807) is 0 Å². The van der Waals surface area contributed by atoms with Crippen LogP contribution in [-0.4, -0.2) is 12.7 Å². The van der Waals surface area contributed by atoms with Crippen LogP contribution >= 0.6 is 0 Å². The largest absolute Gasteiger partial charge is 0.363 e. The lowest BCUT2D eigenvalue weighted by Crippen LogP contribution is -2.18. The smallest absolute Gasteiger partial charge is 0.143 e. The summed E-state index contributed by atoms with van der Waals surface area (Å²) in [6, 6.07) is 2.17. The van der Waals surface area contributed by atoms with Gasteiger partial charge in [0.2, 0.25) is 0 Å². The monoisotopic (exact) mass is 181 g/mol. The lowest BCUT2D eigenvalue weighted by atomic mass is 9.90. The number of ether oxygens (including phenoxy) is 1. The Morgan fingerprint density at radius 3 is 2.62 bits per heavy atom. The van der Waals surface area contributed by atoms with Gasteiger partial charge in [-0.3, -0.25) is 0 Å². The summed E-state index contributed by atoms with van der Waals surface area (Å²) in [6.45, 7) is 2.79. The molecule has 1 aliphatic rings. The van der Waals surface area contributed by atoms with E-state index in [4.69, 9.17) is 10.00 Å². The third-order valence-corrected chi connectivity index (χ3v) is 2.77. The fourth-order valence-corrected chi connectivity index (χ4v) is 1.85. The highest BCUT2D eigenvalue weighted by Crippen LogP contribution is 2.24. The minimum Gasteiger partial charge on any atom is -0.363 e. The molecule has 13 heavy (non-hydrogen) atoms. The minimum atomic E-state index is -0.179. The molecule has 0 spiro atoms. The number of hydrogen-bond acceptors (Lipinski definition) is 2. The van der Waals surface area contributed by atoms with E-state index in [9.17, 15) is 0 Å². The first-order valence-electron chi connectivity index (χ1n) is 5.38. The molecule has 0 aromatic heterocycles. The van der Waals surface area contributed by atoms with Crippen molar-refractivity contribution in [1.29, 1.82) is 5.26 Å². The zero-order chi connectivity index (χ0) is 9.52. The van der Waals surface area contributed by atoms with Gasteiger partial charge in [-0.15, -0.1) is 0 Å². The van der Waals surface area contributed by atoms with Crippen LogP contribution in [0.25, 0.3) is 0 Å². The third-order valence-electron chi connectivity index (χ3n) is 2.77. The Morgan fingerprint density at radius 1 is 1.38 bits per heavy atom. The molecule has 1 unspecified atom stereocenters. The lowest BCUT2D eigenvalue weighted by molar-refractivity contribution is 0.0487. The average molecular weight is 181 g/mol. The van der Waals surface area contributed by atoms with Crippen molar-refractivity contribution in [3.05, 3.63) is 0 Å². The molecule has 0 bridgehead atoms. The Kier molecular flexibility index (Phi) is 4.85. The standard InChI is InChI=1S/C11H19NO/c1-2-11(8-12)13-9-10-6-4-3-5-7-10/h10-11H,2-7,9H2,1H3. The van der Waals surface area contributed by atoms with E-state index in [1.807, 2.05) is 6.92 Å². The first-order chi connectivity index (χ1) is 6.36. The van der Waals surface area contributed by atoms with Crippen LogP contribution in [0.1, 0.15) is 45.4 Å². The van der Waals surface area contributed by atoms with E-state index in [0.29, 0.717) is 0 Å². The molecule has 0 aromatic rings. The molecule has 1 fully saturated rings. The fourth-order valence-electron chi connectivity index (χ4n) is 1.85. The van der Waals surface area contributed by atoms with Crippen molar-refractivity contribution in [2.45, 2.75) is 51.6 Å². The van der Waals surface area contributed by atoms with Crippen molar-refractivity contribution >= 4 is 0 Å². The van der Waals surface area contributed by atoms with Crippen molar-refractivity contribution in [2.75, 3.05) is 6.61 Å². The van der Waals surface area contributed by atoms with Gasteiger partial charge < -0.3 is 4.74 Å². The lowest BCUT2D eigenvalue weighted by Gasteiger charge is -2.22. The molecule has 0 aliphatic heterocycles. The fraction of sp³-hybridized carbons (Fsp3) is 0.909. The molecular weight excluding hydrogens is 162 g/mol. The van der Waals surface area contributed by atoms with Crippen molar-refractivity contribution in [2.24, 2.45) is 5.92 Å². The second-order valence-electron chi connectivity index (χ2n) is 3.86. The Hall–Kier alpha value is -0.550. The highest BCUT2D eigenvalue weighted by atomic mass is 16.5. The van der Waals surface area contributed by atoms with Crippen LogP contribution in [0.3, 0.4) is 0 Å². The number of nitrogens with zero attached hydrogens (tertiary/aromatic N) is 1. The molecule has 0 heterocycles. The van der Waals surface area contributed by atoms with Crippen molar-refractivity contribution in [1.82, 2.24) is 0 Å². The van der Waals surface area contributed by atoms with Crippen LogP contribution in [0.15, 0.2) is 0 Å². The Bertz CT molecular complexity index is 167. The van der Waals surface area contributed by atoms with Gasteiger partial charge in [0.05, 0.1) is 12.7 Å². The highest BCUT2D eigenvalue weighted by molar-refractivity contribution is 4.82. The summed E-state index contributed by atoms with van der Waals surface area (Å²) in [5, 5.41) is 8.68.